The molecular formula is C28H27N3O3. The van der Waals surface area contributed by atoms with E-state index < -0.39 is 0 Å². The highest BCUT2D eigenvalue weighted by atomic mass is 16.6. The number of aromatic hydroxyl groups is 1. The van der Waals surface area contributed by atoms with Crippen molar-refractivity contribution in [2.45, 2.75) is 31.2 Å². The molecule has 0 radical (unpaired) electrons. The Kier molecular flexibility index (Phi) is 4.92. The van der Waals surface area contributed by atoms with Crippen molar-refractivity contribution in [3.8, 4) is 5.75 Å². The Morgan fingerprint density at radius 2 is 1.94 bits per heavy atom. The molecule has 2 unspecified atom stereocenters. The lowest BCUT2D eigenvalue weighted by Crippen LogP contribution is -2.53. The molecule has 1 aromatic heterocycles. The maximum absolute atomic E-state index is 11.3. The number of nitro groups is 1. The number of phenolic OH excluding ortho intramolecular Hbond substituents is 1. The van der Waals surface area contributed by atoms with Crippen LogP contribution in [0.2, 0.25) is 0 Å². The van der Waals surface area contributed by atoms with Crippen LogP contribution in [0.3, 0.4) is 0 Å². The summed E-state index contributed by atoms with van der Waals surface area (Å²) in [4.78, 5) is 17.0. The summed E-state index contributed by atoms with van der Waals surface area (Å²) >= 11 is 0. The van der Waals surface area contributed by atoms with Crippen LogP contribution in [-0.4, -0.2) is 33.0 Å². The maximum Gasteiger partial charge on any atom is 0.271 e. The van der Waals surface area contributed by atoms with Gasteiger partial charge in [-0.25, -0.2) is 0 Å². The second-order valence-electron chi connectivity index (χ2n) is 9.82. The zero-order valence-electron chi connectivity index (χ0n) is 18.9. The van der Waals surface area contributed by atoms with Crippen molar-refractivity contribution in [1.29, 1.82) is 0 Å². The minimum absolute atomic E-state index is 0.0776. The molecule has 1 fully saturated rings. The topological polar surface area (TPSA) is 82.4 Å². The van der Waals surface area contributed by atoms with Crippen LogP contribution in [0.1, 0.15) is 28.8 Å². The number of nitro benzene ring substituents is 1. The first kappa shape index (κ1) is 20.9. The highest BCUT2D eigenvalue weighted by Crippen LogP contribution is 2.49. The first-order chi connectivity index (χ1) is 16.5. The molecule has 2 atom stereocenters. The van der Waals surface area contributed by atoms with Crippen LogP contribution in [0, 0.1) is 16.0 Å². The number of fused-ring (bicyclic) bond motifs is 4. The van der Waals surface area contributed by atoms with Crippen molar-refractivity contribution in [2.75, 3.05) is 13.1 Å². The normalized spacial score (nSPS) is 22.3. The number of nitrogens with zero attached hydrogens (tertiary/aromatic N) is 2. The Balaban J connectivity index is 1.41. The van der Waals surface area contributed by atoms with Gasteiger partial charge in [0.05, 0.1) is 10.4 Å². The fourth-order valence-corrected chi connectivity index (χ4v) is 6.27. The van der Waals surface area contributed by atoms with E-state index >= 15 is 0 Å². The van der Waals surface area contributed by atoms with Crippen LogP contribution in [0.5, 0.6) is 5.75 Å². The maximum atomic E-state index is 11.3. The lowest BCUT2D eigenvalue weighted by molar-refractivity contribution is -0.384. The molecule has 1 saturated heterocycles. The van der Waals surface area contributed by atoms with Gasteiger partial charge in [-0.2, -0.15) is 0 Å². The molecule has 34 heavy (non-hydrogen) atoms. The van der Waals surface area contributed by atoms with E-state index in [0.29, 0.717) is 11.7 Å². The van der Waals surface area contributed by atoms with Crippen LogP contribution in [0.4, 0.5) is 5.69 Å². The van der Waals surface area contributed by atoms with Crippen molar-refractivity contribution in [3.05, 3.63) is 105 Å². The van der Waals surface area contributed by atoms with Gasteiger partial charge in [0.15, 0.2) is 0 Å². The van der Waals surface area contributed by atoms with Gasteiger partial charge >= 0.3 is 0 Å². The van der Waals surface area contributed by atoms with Gasteiger partial charge in [-0.1, -0.05) is 42.5 Å². The van der Waals surface area contributed by atoms with Gasteiger partial charge in [-0.15, -0.1) is 0 Å². The number of phenols is 1. The summed E-state index contributed by atoms with van der Waals surface area (Å²) in [7, 11) is 0. The van der Waals surface area contributed by atoms with Crippen LogP contribution in [0.25, 0.3) is 10.9 Å². The summed E-state index contributed by atoms with van der Waals surface area (Å²) in [5.74, 6) is 0.684. The molecule has 6 heteroatoms. The number of aromatic nitrogens is 1. The van der Waals surface area contributed by atoms with Crippen molar-refractivity contribution in [1.82, 2.24) is 9.88 Å². The third kappa shape index (κ3) is 3.46. The molecular weight excluding hydrogens is 426 g/mol. The van der Waals surface area contributed by atoms with Gasteiger partial charge in [-0.05, 0) is 66.6 Å². The molecule has 172 valence electrons. The Morgan fingerprint density at radius 3 is 2.74 bits per heavy atom. The number of non-ortho nitro benzene ring substituents is 1. The van der Waals surface area contributed by atoms with Crippen molar-refractivity contribution in [3.63, 3.8) is 0 Å². The van der Waals surface area contributed by atoms with Gasteiger partial charge in [0, 0.05) is 41.7 Å². The molecule has 0 saturated carbocycles. The largest absolute Gasteiger partial charge is 0.508 e. The summed E-state index contributed by atoms with van der Waals surface area (Å²) in [6.45, 7) is 2.89. The second-order valence-corrected chi connectivity index (χ2v) is 9.82. The summed E-state index contributed by atoms with van der Waals surface area (Å²) in [5, 5.41) is 22.7. The van der Waals surface area contributed by atoms with E-state index in [1.54, 1.807) is 18.2 Å². The summed E-state index contributed by atoms with van der Waals surface area (Å²) in [6.07, 6.45) is 2.76. The first-order valence-electron chi connectivity index (χ1n) is 11.9. The summed E-state index contributed by atoms with van der Waals surface area (Å²) < 4.78 is 0. The highest BCUT2D eigenvalue weighted by molar-refractivity contribution is 5.87. The fraction of sp³-hybridized carbons (Fsp3) is 0.286. The monoisotopic (exact) mass is 453 g/mol. The molecule has 6 rings (SSSR count). The number of likely N-dealkylation sites (tertiary alicyclic amines) is 1. The average Bonchev–Trinajstić information content (AvgIpc) is 3.19. The second kappa shape index (κ2) is 7.99. The smallest absolute Gasteiger partial charge is 0.271 e. The molecule has 1 aliphatic heterocycles. The van der Waals surface area contributed by atoms with E-state index in [1.807, 2.05) is 18.2 Å². The predicted octanol–water partition coefficient (Wildman–Crippen LogP) is 5.34. The van der Waals surface area contributed by atoms with E-state index in [2.05, 4.69) is 46.3 Å². The van der Waals surface area contributed by atoms with E-state index in [9.17, 15) is 15.2 Å². The molecule has 4 aromatic rings. The molecule has 2 aliphatic rings. The molecule has 1 aliphatic carbocycles. The van der Waals surface area contributed by atoms with Crippen LogP contribution in [0.15, 0.2) is 72.8 Å². The lowest BCUT2D eigenvalue weighted by Gasteiger charge is -2.51. The van der Waals surface area contributed by atoms with Gasteiger partial charge in [0.1, 0.15) is 5.75 Å². The number of hydrogen-bond acceptors (Lipinski definition) is 4. The van der Waals surface area contributed by atoms with Crippen LogP contribution in [-0.2, 0) is 24.8 Å². The molecule has 2 heterocycles. The Morgan fingerprint density at radius 1 is 1.09 bits per heavy atom. The number of benzene rings is 3. The quantitative estimate of drug-likeness (QED) is 0.323. The highest BCUT2D eigenvalue weighted by Gasteiger charge is 2.48. The van der Waals surface area contributed by atoms with E-state index in [-0.39, 0.29) is 16.0 Å². The van der Waals surface area contributed by atoms with E-state index in [1.165, 1.54) is 22.4 Å². The van der Waals surface area contributed by atoms with Crippen LogP contribution < -0.4 is 0 Å². The molecule has 6 nitrogen and oxygen atoms in total. The van der Waals surface area contributed by atoms with E-state index in [0.717, 1.165) is 49.8 Å². The van der Waals surface area contributed by atoms with Gasteiger partial charge in [-0.3, -0.25) is 15.0 Å². The molecule has 0 amide bonds. The third-order valence-corrected chi connectivity index (χ3v) is 7.94. The van der Waals surface area contributed by atoms with E-state index in [4.69, 9.17) is 0 Å². The van der Waals surface area contributed by atoms with Gasteiger partial charge in [0.25, 0.3) is 5.69 Å². The number of nitrogens with one attached hydrogen (secondary N) is 1. The number of piperidine rings is 1. The predicted molar refractivity (Wildman–Crippen MR) is 132 cm³/mol. The average molecular weight is 454 g/mol. The Labute approximate surface area is 198 Å². The summed E-state index contributed by atoms with van der Waals surface area (Å²) in [5.41, 5.74) is 5.84. The lowest BCUT2D eigenvalue weighted by atomic mass is 9.58. The van der Waals surface area contributed by atoms with Gasteiger partial charge in [0.2, 0.25) is 0 Å². The molecule has 3 aromatic carbocycles. The third-order valence-electron chi connectivity index (χ3n) is 7.94. The zero-order valence-corrected chi connectivity index (χ0v) is 18.9. The van der Waals surface area contributed by atoms with Crippen LogP contribution >= 0.6 is 0 Å². The fourth-order valence-electron chi connectivity index (χ4n) is 6.27. The zero-order chi connectivity index (χ0) is 23.3. The van der Waals surface area contributed by atoms with Crippen molar-refractivity contribution in [2.24, 2.45) is 5.92 Å². The molecule has 0 spiro atoms. The number of H-pyrrole nitrogens is 1. The molecule has 2 N–H and O–H groups in total. The Bertz CT molecular complexity index is 1380. The molecule has 0 bridgehead atoms. The number of aromatic amines is 1. The van der Waals surface area contributed by atoms with Crippen molar-refractivity contribution < 1.29 is 10.0 Å². The standard InChI is InChI=1S/C28H27N3O3/c32-23-8-4-7-20(13-23)28-11-12-30(17-19-5-2-1-3-6-19)18-21(28)14-25-24-10-9-22(31(33)34)15-26(24)29-27(25)16-28/h1-10,13,15,21,29,32H,11-12,14,16-18H2. The van der Waals surface area contributed by atoms with Gasteiger partial charge < -0.3 is 10.1 Å². The number of hydrogen-bond donors (Lipinski definition) is 2. The van der Waals surface area contributed by atoms with Crippen molar-refractivity contribution >= 4 is 16.6 Å². The minimum Gasteiger partial charge on any atom is -0.508 e. The first-order valence-corrected chi connectivity index (χ1v) is 11.9. The number of rotatable bonds is 4. The SMILES string of the molecule is O=[N+]([O-])c1ccc2c3c([nH]c2c1)CC1(c2cccc(O)c2)CCN(Cc2ccccc2)CC1C3. The summed E-state index contributed by atoms with van der Waals surface area (Å²) in [6, 6.07) is 23.5. The Hall–Kier alpha value is -3.64. The minimum atomic E-state index is -0.339.